The normalized spacial score (nSPS) is 33.1. The first-order valence-electron chi connectivity index (χ1n) is 7.50. The number of hydrogen-bond donors (Lipinski definition) is 2. The van der Waals surface area contributed by atoms with Crippen molar-refractivity contribution in [3.8, 4) is 0 Å². The fraction of sp³-hybridized carbons (Fsp3) is 0.412. The van der Waals surface area contributed by atoms with E-state index in [1.54, 1.807) is 0 Å². The summed E-state index contributed by atoms with van der Waals surface area (Å²) in [4.78, 5) is 24.4. The van der Waals surface area contributed by atoms with Crippen LogP contribution in [0.4, 0.5) is 5.69 Å². The largest absolute Gasteiger partial charge is 0.481 e. The fourth-order valence-electron chi connectivity index (χ4n) is 4.45. The first-order valence-corrected chi connectivity index (χ1v) is 8.58. The molecule has 2 saturated carbocycles. The average Bonchev–Trinajstić information content (AvgIpc) is 3.15. The van der Waals surface area contributed by atoms with E-state index in [0.29, 0.717) is 0 Å². The van der Waals surface area contributed by atoms with Crippen LogP contribution < -0.4 is 5.32 Å². The van der Waals surface area contributed by atoms with Crippen LogP contribution in [0, 0.1) is 32.7 Å². The number of carboxylic acid groups (broad SMARTS) is 1. The van der Waals surface area contributed by atoms with Crippen LogP contribution in [0.3, 0.4) is 0 Å². The molecule has 3 aliphatic rings. The van der Waals surface area contributed by atoms with Gasteiger partial charge in [0.1, 0.15) is 0 Å². The monoisotopic (exact) mass is 409 g/mol. The third-order valence-electron chi connectivity index (χ3n) is 5.54. The number of carbonyl (C=O) groups is 2. The molecule has 0 heterocycles. The Morgan fingerprint density at radius 1 is 1.09 bits per heavy atom. The van der Waals surface area contributed by atoms with Gasteiger partial charge in [0.15, 0.2) is 0 Å². The standard InChI is InChI=1S/C17H16INO3/c18-9-1-3-10(4-2-9)19-15(20)13-11-5-6-12(14(13)16(21)22)17(11)7-8-17/h1-6,11-14H,7-8H2,(H,19,20)(H,21,22)/t11-,12+,13+,14-/m0/s1. The van der Waals surface area contributed by atoms with Gasteiger partial charge in [0.25, 0.3) is 0 Å². The molecule has 22 heavy (non-hydrogen) atoms. The highest BCUT2D eigenvalue weighted by Gasteiger charge is 2.70. The summed E-state index contributed by atoms with van der Waals surface area (Å²) in [6.45, 7) is 0. The van der Waals surface area contributed by atoms with Crippen molar-refractivity contribution in [1.82, 2.24) is 0 Å². The Morgan fingerprint density at radius 3 is 2.23 bits per heavy atom. The predicted octanol–water partition coefficient (Wildman–Crippen LogP) is 3.14. The van der Waals surface area contributed by atoms with Crippen molar-refractivity contribution < 1.29 is 14.7 Å². The summed E-state index contributed by atoms with van der Waals surface area (Å²) in [6.07, 6.45) is 6.21. The Bertz CT molecular complexity index is 678. The third-order valence-corrected chi connectivity index (χ3v) is 6.26. The zero-order chi connectivity index (χ0) is 15.5. The van der Waals surface area contributed by atoms with Crippen molar-refractivity contribution in [3.63, 3.8) is 0 Å². The molecule has 0 aliphatic heterocycles. The van der Waals surface area contributed by atoms with Crippen LogP contribution in [0.1, 0.15) is 12.8 Å². The Morgan fingerprint density at radius 2 is 1.68 bits per heavy atom. The van der Waals surface area contributed by atoms with E-state index in [0.717, 1.165) is 22.1 Å². The smallest absolute Gasteiger partial charge is 0.307 e. The van der Waals surface area contributed by atoms with Crippen molar-refractivity contribution >= 4 is 40.2 Å². The van der Waals surface area contributed by atoms with E-state index < -0.39 is 17.8 Å². The molecule has 2 fully saturated rings. The summed E-state index contributed by atoms with van der Waals surface area (Å²) in [7, 11) is 0. The lowest BCUT2D eigenvalue weighted by Gasteiger charge is -2.23. The Balaban J connectivity index is 1.60. The second kappa shape index (κ2) is 4.81. The molecule has 4 rings (SSSR count). The maximum absolute atomic E-state index is 12.7. The number of amides is 1. The minimum Gasteiger partial charge on any atom is -0.481 e. The van der Waals surface area contributed by atoms with Gasteiger partial charge in [-0.2, -0.15) is 0 Å². The summed E-state index contributed by atoms with van der Waals surface area (Å²) in [5.74, 6) is -1.91. The van der Waals surface area contributed by atoms with Gasteiger partial charge in [0.2, 0.25) is 5.91 Å². The van der Waals surface area contributed by atoms with Crippen LogP contribution in [0.5, 0.6) is 0 Å². The molecule has 0 radical (unpaired) electrons. The Kier molecular flexibility index (Phi) is 3.11. The Labute approximate surface area is 142 Å². The molecule has 1 spiro atoms. The van der Waals surface area contributed by atoms with E-state index in [1.165, 1.54) is 0 Å². The molecule has 4 atom stereocenters. The van der Waals surface area contributed by atoms with Gasteiger partial charge in [-0.1, -0.05) is 12.2 Å². The zero-order valence-electron chi connectivity index (χ0n) is 11.8. The quantitative estimate of drug-likeness (QED) is 0.596. The minimum absolute atomic E-state index is 0.0301. The molecule has 1 aromatic rings. The highest BCUT2D eigenvalue weighted by Crippen LogP contribution is 2.72. The Hall–Kier alpha value is -1.37. The van der Waals surface area contributed by atoms with Gasteiger partial charge in [-0.3, -0.25) is 9.59 Å². The molecule has 2 bridgehead atoms. The topological polar surface area (TPSA) is 66.4 Å². The van der Waals surface area contributed by atoms with Gasteiger partial charge in [-0.15, -0.1) is 0 Å². The van der Waals surface area contributed by atoms with E-state index in [4.69, 9.17) is 0 Å². The van der Waals surface area contributed by atoms with Crippen LogP contribution in [0.15, 0.2) is 36.4 Å². The molecule has 0 unspecified atom stereocenters. The number of carboxylic acids is 1. The van der Waals surface area contributed by atoms with Crippen molar-refractivity contribution in [2.24, 2.45) is 29.1 Å². The highest BCUT2D eigenvalue weighted by molar-refractivity contribution is 14.1. The number of halogens is 1. The molecule has 2 N–H and O–H groups in total. The molecule has 5 heteroatoms. The molecule has 114 valence electrons. The lowest BCUT2D eigenvalue weighted by Crippen LogP contribution is -2.36. The molecule has 1 amide bonds. The average molecular weight is 409 g/mol. The van der Waals surface area contributed by atoms with E-state index in [9.17, 15) is 14.7 Å². The number of carbonyl (C=O) groups excluding carboxylic acids is 1. The van der Waals surface area contributed by atoms with Crippen LogP contribution >= 0.6 is 22.6 Å². The summed E-state index contributed by atoms with van der Waals surface area (Å²) in [5, 5.41) is 12.5. The van der Waals surface area contributed by atoms with Crippen molar-refractivity contribution in [2.75, 3.05) is 5.32 Å². The van der Waals surface area contributed by atoms with Crippen LogP contribution in [0.2, 0.25) is 0 Å². The number of aliphatic carboxylic acids is 1. The molecule has 0 aromatic heterocycles. The van der Waals surface area contributed by atoms with Gasteiger partial charge in [0.05, 0.1) is 11.8 Å². The van der Waals surface area contributed by atoms with E-state index in [2.05, 4.69) is 34.0 Å². The number of hydrogen-bond acceptors (Lipinski definition) is 2. The third kappa shape index (κ3) is 1.94. The van der Waals surface area contributed by atoms with Crippen LogP contribution in [-0.4, -0.2) is 17.0 Å². The molecular weight excluding hydrogens is 393 g/mol. The lowest BCUT2D eigenvalue weighted by atomic mass is 9.82. The maximum Gasteiger partial charge on any atom is 0.307 e. The molecule has 3 aliphatic carbocycles. The van der Waals surface area contributed by atoms with E-state index in [1.807, 2.05) is 30.3 Å². The van der Waals surface area contributed by atoms with Crippen LogP contribution in [0.25, 0.3) is 0 Å². The molecule has 4 nitrogen and oxygen atoms in total. The SMILES string of the molecule is O=C(O)[C@@H]1[C@H](C(=O)Nc2ccc(I)cc2)[C@@H]2C=C[C@H]1C21CC1. The summed E-state index contributed by atoms with van der Waals surface area (Å²) < 4.78 is 1.10. The maximum atomic E-state index is 12.7. The van der Waals surface area contributed by atoms with Gasteiger partial charge in [-0.05, 0) is 76.9 Å². The lowest BCUT2D eigenvalue weighted by molar-refractivity contribution is -0.146. The van der Waals surface area contributed by atoms with Crippen molar-refractivity contribution in [1.29, 1.82) is 0 Å². The van der Waals surface area contributed by atoms with E-state index in [-0.39, 0.29) is 23.2 Å². The molecule has 1 aromatic carbocycles. The first-order chi connectivity index (χ1) is 10.5. The summed E-state index contributed by atoms with van der Waals surface area (Å²) in [6, 6.07) is 7.55. The van der Waals surface area contributed by atoms with Gasteiger partial charge >= 0.3 is 5.97 Å². The molecule has 0 saturated heterocycles. The number of rotatable bonds is 3. The number of benzene rings is 1. The number of anilines is 1. The fourth-order valence-corrected chi connectivity index (χ4v) is 4.81. The van der Waals surface area contributed by atoms with Crippen molar-refractivity contribution in [2.45, 2.75) is 12.8 Å². The molecular formula is C17H16INO3. The second-order valence-electron chi connectivity index (χ2n) is 6.56. The van der Waals surface area contributed by atoms with E-state index >= 15 is 0 Å². The minimum atomic E-state index is -0.842. The van der Waals surface area contributed by atoms with Crippen LogP contribution in [-0.2, 0) is 9.59 Å². The van der Waals surface area contributed by atoms with Gasteiger partial charge in [-0.25, -0.2) is 0 Å². The predicted molar refractivity (Wildman–Crippen MR) is 90.2 cm³/mol. The van der Waals surface area contributed by atoms with Gasteiger partial charge in [0, 0.05) is 9.26 Å². The van der Waals surface area contributed by atoms with Crippen molar-refractivity contribution in [3.05, 3.63) is 40.0 Å². The summed E-state index contributed by atoms with van der Waals surface area (Å²) >= 11 is 2.21. The number of allylic oxidation sites excluding steroid dienone is 2. The first kappa shape index (κ1) is 14.2. The summed E-state index contributed by atoms with van der Waals surface area (Å²) in [5.41, 5.74) is 0.795. The zero-order valence-corrected chi connectivity index (χ0v) is 14.0. The highest BCUT2D eigenvalue weighted by atomic mass is 127. The number of nitrogens with one attached hydrogen (secondary N) is 1. The van der Waals surface area contributed by atoms with Gasteiger partial charge < -0.3 is 10.4 Å². The second-order valence-corrected chi connectivity index (χ2v) is 7.80.